The van der Waals surface area contributed by atoms with Crippen molar-refractivity contribution in [2.75, 3.05) is 0 Å². The summed E-state index contributed by atoms with van der Waals surface area (Å²) in [7, 11) is 0. The lowest BCUT2D eigenvalue weighted by Crippen LogP contribution is -1.77. The molecule has 1 aliphatic carbocycles. The quantitative estimate of drug-likeness (QED) is 0.524. The molecule has 0 N–H and O–H groups in total. The van der Waals surface area contributed by atoms with Crippen LogP contribution in [0.25, 0.3) is 0 Å². The summed E-state index contributed by atoms with van der Waals surface area (Å²) >= 11 is 0. The summed E-state index contributed by atoms with van der Waals surface area (Å²) in [6.45, 7) is 6.80. The molecule has 0 spiro atoms. The van der Waals surface area contributed by atoms with Crippen LogP contribution in [-0.2, 0) is 0 Å². The molecule has 0 aromatic rings. The number of rotatable bonds is 3. The molecular weight excluding hydrogens is 120 g/mol. The van der Waals surface area contributed by atoms with Gasteiger partial charge in [0, 0.05) is 0 Å². The third-order valence-corrected chi connectivity index (χ3v) is 2.60. The zero-order valence-electron chi connectivity index (χ0n) is 7.35. The summed E-state index contributed by atoms with van der Waals surface area (Å²) in [5, 5.41) is 0. The van der Waals surface area contributed by atoms with Crippen LogP contribution in [0.15, 0.2) is 11.6 Å². The van der Waals surface area contributed by atoms with Gasteiger partial charge >= 0.3 is 0 Å². The fourth-order valence-corrected chi connectivity index (χ4v) is 1.22. The maximum atomic E-state index is 2.41. The second-order valence-corrected chi connectivity index (χ2v) is 3.61. The smallest absolute Gasteiger partial charge is 0.0317 e. The van der Waals surface area contributed by atoms with Gasteiger partial charge in [-0.25, -0.2) is 0 Å². The van der Waals surface area contributed by atoms with Gasteiger partial charge in [0.15, 0.2) is 0 Å². The van der Waals surface area contributed by atoms with Crippen LogP contribution in [0.3, 0.4) is 0 Å². The van der Waals surface area contributed by atoms with Gasteiger partial charge in [0.05, 0.1) is 0 Å². The first kappa shape index (κ1) is 7.84. The predicted molar refractivity (Wildman–Crippen MR) is 45.9 cm³/mol. The lowest BCUT2D eigenvalue weighted by atomic mass is 10.1. The van der Waals surface area contributed by atoms with Gasteiger partial charge in [0.1, 0.15) is 0 Å². The van der Waals surface area contributed by atoms with Crippen molar-refractivity contribution in [3.05, 3.63) is 11.6 Å². The van der Waals surface area contributed by atoms with Crippen LogP contribution in [-0.4, -0.2) is 0 Å². The molecule has 0 saturated heterocycles. The lowest BCUT2D eigenvalue weighted by Gasteiger charge is -1.93. The Bertz CT molecular complexity index is 133. The van der Waals surface area contributed by atoms with E-state index < -0.39 is 0 Å². The third kappa shape index (κ3) is 2.17. The molecule has 58 valence electrons. The zero-order valence-corrected chi connectivity index (χ0v) is 7.35. The molecule has 2 unspecified atom stereocenters. The third-order valence-electron chi connectivity index (χ3n) is 2.60. The highest BCUT2D eigenvalue weighted by Crippen LogP contribution is 2.40. The molecule has 0 heterocycles. The molecule has 0 aliphatic heterocycles. The topological polar surface area (TPSA) is 0 Å². The molecule has 0 heteroatoms. The maximum absolute atomic E-state index is 2.41. The highest BCUT2D eigenvalue weighted by atomic mass is 14.4. The van der Waals surface area contributed by atoms with Crippen LogP contribution < -0.4 is 0 Å². The van der Waals surface area contributed by atoms with Crippen LogP contribution in [0.4, 0.5) is 0 Å². The van der Waals surface area contributed by atoms with E-state index in [0.29, 0.717) is 0 Å². The van der Waals surface area contributed by atoms with E-state index in [4.69, 9.17) is 0 Å². The van der Waals surface area contributed by atoms with Crippen LogP contribution in [0.5, 0.6) is 0 Å². The lowest BCUT2D eigenvalue weighted by molar-refractivity contribution is 0.760. The van der Waals surface area contributed by atoms with Crippen LogP contribution in [0.2, 0.25) is 0 Å². The normalized spacial score (nSPS) is 32.5. The Labute approximate surface area is 64.3 Å². The van der Waals surface area contributed by atoms with E-state index in [1.54, 1.807) is 5.57 Å². The van der Waals surface area contributed by atoms with E-state index in [1.165, 1.54) is 19.3 Å². The van der Waals surface area contributed by atoms with Crippen molar-refractivity contribution in [2.24, 2.45) is 11.8 Å². The van der Waals surface area contributed by atoms with Gasteiger partial charge in [-0.15, -0.1) is 0 Å². The van der Waals surface area contributed by atoms with Crippen molar-refractivity contribution < 1.29 is 0 Å². The summed E-state index contributed by atoms with van der Waals surface area (Å²) in [6, 6.07) is 0. The molecule has 0 radical (unpaired) electrons. The number of hydrogen-bond donors (Lipinski definition) is 0. The van der Waals surface area contributed by atoms with Crippen molar-refractivity contribution in [3.63, 3.8) is 0 Å². The fraction of sp³-hybridized carbons (Fsp3) is 0.800. The molecule has 0 amide bonds. The van der Waals surface area contributed by atoms with Crippen molar-refractivity contribution in [1.29, 1.82) is 0 Å². The minimum atomic E-state index is 1.01. The SMILES string of the molecule is CCC(C)=CCC1CC1C. The number of allylic oxidation sites excluding steroid dienone is 2. The van der Waals surface area contributed by atoms with E-state index >= 15 is 0 Å². The molecule has 0 aromatic heterocycles. The minimum Gasteiger partial charge on any atom is -0.0853 e. The molecule has 1 rings (SSSR count). The van der Waals surface area contributed by atoms with Crippen LogP contribution in [0, 0.1) is 11.8 Å². The van der Waals surface area contributed by atoms with Crippen molar-refractivity contribution in [1.82, 2.24) is 0 Å². The Kier molecular flexibility index (Phi) is 2.53. The van der Waals surface area contributed by atoms with Gasteiger partial charge < -0.3 is 0 Å². The maximum Gasteiger partial charge on any atom is -0.0317 e. The molecule has 0 nitrogen and oxygen atoms in total. The first-order valence-electron chi connectivity index (χ1n) is 4.39. The average Bonchev–Trinajstić information content (AvgIpc) is 2.61. The van der Waals surface area contributed by atoms with Crippen molar-refractivity contribution in [3.8, 4) is 0 Å². The Hall–Kier alpha value is -0.260. The van der Waals surface area contributed by atoms with Gasteiger partial charge in [0.25, 0.3) is 0 Å². The molecule has 1 saturated carbocycles. The standard InChI is InChI=1S/C10H18/c1-4-8(2)5-6-10-7-9(10)3/h5,9-10H,4,6-7H2,1-3H3. The van der Waals surface area contributed by atoms with Crippen molar-refractivity contribution in [2.45, 2.75) is 40.0 Å². The van der Waals surface area contributed by atoms with Crippen molar-refractivity contribution >= 4 is 0 Å². The summed E-state index contributed by atoms with van der Waals surface area (Å²) in [5.41, 5.74) is 1.55. The summed E-state index contributed by atoms with van der Waals surface area (Å²) in [4.78, 5) is 0. The average molecular weight is 138 g/mol. The second kappa shape index (κ2) is 3.23. The first-order chi connectivity index (χ1) is 4.74. The molecular formula is C10H18. The highest BCUT2D eigenvalue weighted by molar-refractivity contribution is 5.00. The van der Waals surface area contributed by atoms with E-state index in [0.717, 1.165) is 11.8 Å². The number of hydrogen-bond acceptors (Lipinski definition) is 0. The predicted octanol–water partition coefficient (Wildman–Crippen LogP) is 3.39. The van der Waals surface area contributed by atoms with Gasteiger partial charge in [-0.3, -0.25) is 0 Å². The van der Waals surface area contributed by atoms with Gasteiger partial charge in [-0.1, -0.05) is 25.5 Å². The summed E-state index contributed by atoms with van der Waals surface area (Å²) in [6.07, 6.45) is 6.43. The summed E-state index contributed by atoms with van der Waals surface area (Å²) in [5.74, 6) is 2.04. The Morgan fingerprint density at radius 3 is 2.60 bits per heavy atom. The van der Waals surface area contributed by atoms with E-state index in [-0.39, 0.29) is 0 Å². The molecule has 1 aliphatic rings. The fourth-order valence-electron chi connectivity index (χ4n) is 1.22. The zero-order chi connectivity index (χ0) is 7.56. The van der Waals surface area contributed by atoms with Crippen LogP contribution >= 0.6 is 0 Å². The Morgan fingerprint density at radius 1 is 1.60 bits per heavy atom. The van der Waals surface area contributed by atoms with Gasteiger partial charge in [0.2, 0.25) is 0 Å². The molecule has 0 bridgehead atoms. The molecule has 0 aromatic carbocycles. The first-order valence-corrected chi connectivity index (χ1v) is 4.39. The van der Waals surface area contributed by atoms with Gasteiger partial charge in [-0.2, -0.15) is 0 Å². The molecule has 10 heavy (non-hydrogen) atoms. The van der Waals surface area contributed by atoms with E-state index in [1.807, 2.05) is 0 Å². The highest BCUT2D eigenvalue weighted by Gasteiger charge is 2.30. The largest absolute Gasteiger partial charge is 0.0853 e. The second-order valence-electron chi connectivity index (χ2n) is 3.61. The minimum absolute atomic E-state index is 1.01. The van der Waals surface area contributed by atoms with Crippen LogP contribution in [0.1, 0.15) is 40.0 Å². The molecule has 1 fully saturated rings. The van der Waals surface area contributed by atoms with E-state index in [2.05, 4.69) is 26.8 Å². The summed E-state index contributed by atoms with van der Waals surface area (Å²) < 4.78 is 0. The molecule has 2 atom stereocenters. The monoisotopic (exact) mass is 138 g/mol. The Balaban J connectivity index is 2.15. The van der Waals surface area contributed by atoms with E-state index in [9.17, 15) is 0 Å². The Morgan fingerprint density at radius 2 is 2.20 bits per heavy atom. The van der Waals surface area contributed by atoms with Gasteiger partial charge in [-0.05, 0) is 38.0 Å².